The number of rotatable bonds is 5. The van der Waals surface area contributed by atoms with Crippen LogP contribution in [-0.4, -0.2) is 36.5 Å². The Labute approximate surface area is 166 Å². The molecule has 4 rings (SSSR count). The van der Waals surface area contributed by atoms with E-state index >= 15 is 0 Å². The number of benzene rings is 2. The van der Waals surface area contributed by atoms with Crippen molar-refractivity contribution in [3.8, 4) is 0 Å². The number of fused-ring (bicyclic) bond motifs is 1. The second-order valence-corrected chi connectivity index (χ2v) is 9.50. The zero-order chi connectivity index (χ0) is 19.7. The van der Waals surface area contributed by atoms with E-state index in [2.05, 4.69) is 44.1 Å². The van der Waals surface area contributed by atoms with Gasteiger partial charge in [-0.1, -0.05) is 48.0 Å². The van der Waals surface area contributed by atoms with E-state index in [1.807, 2.05) is 36.5 Å². The van der Waals surface area contributed by atoms with Crippen molar-refractivity contribution in [2.24, 2.45) is 0 Å². The number of hydrogen-bond donors (Lipinski definition) is 0. The maximum absolute atomic E-state index is 13.8. The van der Waals surface area contributed by atoms with Crippen LogP contribution in [0, 0.1) is 6.92 Å². The van der Waals surface area contributed by atoms with E-state index in [-0.39, 0.29) is 6.10 Å². The van der Waals surface area contributed by atoms with Crippen LogP contribution in [0.15, 0.2) is 54.7 Å². The molecule has 0 N–H and O–H groups in total. The van der Waals surface area contributed by atoms with Gasteiger partial charge in [-0.2, -0.15) is 0 Å². The summed E-state index contributed by atoms with van der Waals surface area (Å²) >= 11 is 0. The van der Waals surface area contributed by atoms with Gasteiger partial charge in [0.25, 0.3) is 0 Å². The number of hydrogen-bond acceptors (Lipinski definition) is 4. The molecule has 2 unspecified atom stereocenters. The molecule has 5 nitrogen and oxygen atoms in total. The summed E-state index contributed by atoms with van der Waals surface area (Å²) in [5, 5.41) is 1.10. The van der Waals surface area contributed by atoms with Crippen LogP contribution in [0.4, 0.5) is 0 Å². The van der Waals surface area contributed by atoms with Crippen LogP contribution >= 0.6 is 7.75 Å². The molecule has 0 amide bonds. The molecule has 148 valence electrons. The van der Waals surface area contributed by atoms with Gasteiger partial charge in [0.2, 0.25) is 0 Å². The van der Waals surface area contributed by atoms with Crippen LogP contribution in [-0.2, 0) is 20.0 Å². The lowest BCUT2D eigenvalue weighted by Crippen LogP contribution is -2.17. The molecule has 1 saturated heterocycles. The molecule has 0 radical (unpaired) electrons. The van der Waals surface area contributed by atoms with Crippen molar-refractivity contribution in [2.75, 3.05) is 27.2 Å². The second-order valence-electron chi connectivity index (χ2n) is 7.66. The van der Waals surface area contributed by atoms with Crippen molar-refractivity contribution >= 4 is 18.6 Å². The van der Waals surface area contributed by atoms with Gasteiger partial charge in [-0.05, 0) is 44.6 Å². The van der Waals surface area contributed by atoms with Gasteiger partial charge in [-0.15, -0.1) is 0 Å². The van der Waals surface area contributed by atoms with Crippen molar-refractivity contribution in [2.45, 2.75) is 25.9 Å². The average Bonchev–Trinajstić information content (AvgIpc) is 3.07. The Morgan fingerprint density at radius 2 is 1.89 bits per heavy atom. The monoisotopic (exact) mass is 398 g/mol. The average molecular weight is 398 g/mol. The third-order valence-corrected chi connectivity index (χ3v) is 7.10. The molecule has 0 aliphatic carbocycles. The van der Waals surface area contributed by atoms with E-state index in [1.165, 1.54) is 5.56 Å². The Kier molecular flexibility index (Phi) is 5.44. The predicted octanol–water partition coefficient (Wildman–Crippen LogP) is 5.19. The van der Waals surface area contributed by atoms with Crippen LogP contribution in [0.2, 0.25) is 0 Å². The molecule has 0 spiro atoms. The lowest BCUT2D eigenvalue weighted by atomic mass is 10.1. The molecule has 1 aliphatic rings. The second kappa shape index (κ2) is 7.84. The zero-order valence-corrected chi connectivity index (χ0v) is 17.6. The van der Waals surface area contributed by atoms with Crippen LogP contribution in [0.1, 0.15) is 29.2 Å². The van der Waals surface area contributed by atoms with Crippen molar-refractivity contribution < 1.29 is 13.6 Å². The highest BCUT2D eigenvalue weighted by Crippen LogP contribution is 2.58. The quantitative estimate of drug-likeness (QED) is 0.555. The summed E-state index contributed by atoms with van der Waals surface area (Å²) in [6.45, 7) is 3.39. The molecule has 2 heterocycles. The summed E-state index contributed by atoms with van der Waals surface area (Å²) in [6.07, 6.45) is 3.29. The molecule has 2 aromatic carbocycles. The Bertz CT molecular complexity index is 1010. The SMILES string of the molecule is Cc1ccc(C2CCOP(=O)(n3cc(CCN(C)C)c4ccccc43)O2)cc1. The maximum Gasteiger partial charge on any atom is 0.439 e. The minimum atomic E-state index is -3.47. The van der Waals surface area contributed by atoms with E-state index in [1.54, 1.807) is 4.34 Å². The number of nitrogens with zero attached hydrogens (tertiary/aromatic N) is 2. The highest BCUT2D eigenvalue weighted by Gasteiger charge is 2.37. The van der Waals surface area contributed by atoms with Gasteiger partial charge in [0, 0.05) is 24.5 Å². The third-order valence-electron chi connectivity index (χ3n) is 5.21. The molecule has 2 atom stereocenters. The van der Waals surface area contributed by atoms with Gasteiger partial charge in [-0.3, -0.25) is 13.4 Å². The highest BCUT2D eigenvalue weighted by atomic mass is 31.2. The minimum Gasteiger partial charge on any atom is -0.309 e. The molecular formula is C22H27N2O3P. The molecule has 28 heavy (non-hydrogen) atoms. The summed E-state index contributed by atoms with van der Waals surface area (Å²) < 4.78 is 27.4. The van der Waals surface area contributed by atoms with Crippen LogP contribution in [0.25, 0.3) is 10.9 Å². The summed E-state index contributed by atoms with van der Waals surface area (Å²) in [6, 6.07) is 16.2. The van der Waals surface area contributed by atoms with Crippen LogP contribution in [0.3, 0.4) is 0 Å². The fraction of sp³-hybridized carbons (Fsp3) is 0.364. The Morgan fingerprint density at radius 1 is 1.14 bits per heavy atom. The first-order chi connectivity index (χ1) is 13.5. The van der Waals surface area contributed by atoms with Gasteiger partial charge in [0.15, 0.2) is 0 Å². The standard InChI is InChI=1S/C22H27N2O3P/c1-17-8-10-18(11-9-17)22-13-15-26-28(25,27-22)24-16-19(12-14-23(2)3)20-6-4-5-7-21(20)24/h4-11,16,22H,12-15H2,1-3H3. The van der Waals surface area contributed by atoms with Gasteiger partial charge in [0.1, 0.15) is 0 Å². The minimum absolute atomic E-state index is 0.230. The molecule has 6 heteroatoms. The third kappa shape index (κ3) is 3.81. The summed E-state index contributed by atoms with van der Waals surface area (Å²) in [5.74, 6) is 0. The first kappa shape index (κ1) is 19.4. The van der Waals surface area contributed by atoms with Gasteiger partial charge < -0.3 is 4.90 Å². The molecule has 0 saturated carbocycles. The summed E-state index contributed by atoms with van der Waals surface area (Å²) in [5.41, 5.74) is 4.28. The number of likely N-dealkylation sites (N-methyl/N-ethyl adjacent to an activating group) is 1. The fourth-order valence-electron chi connectivity index (χ4n) is 3.62. The summed E-state index contributed by atoms with van der Waals surface area (Å²) in [4.78, 5) is 2.15. The van der Waals surface area contributed by atoms with Crippen LogP contribution in [0.5, 0.6) is 0 Å². The molecular weight excluding hydrogens is 371 g/mol. The van der Waals surface area contributed by atoms with Crippen molar-refractivity contribution in [1.82, 2.24) is 9.24 Å². The van der Waals surface area contributed by atoms with E-state index in [9.17, 15) is 4.57 Å². The zero-order valence-electron chi connectivity index (χ0n) is 16.7. The Morgan fingerprint density at radius 3 is 2.64 bits per heavy atom. The highest BCUT2D eigenvalue weighted by molar-refractivity contribution is 7.52. The number of aromatic nitrogens is 1. The number of para-hydroxylation sites is 1. The summed E-state index contributed by atoms with van der Waals surface area (Å²) in [7, 11) is 0.644. The van der Waals surface area contributed by atoms with Crippen LogP contribution < -0.4 is 0 Å². The molecule has 1 fully saturated rings. The lowest BCUT2D eigenvalue weighted by Gasteiger charge is -2.30. The predicted molar refractivity (Wildman–Crippen MR) is 113 cm³/mol. The van der Waals surface area contributed by atoms with Crippen molar-refractivity contribution in [3.63, 3.8) is 0 Å². The first-order valence-electron chi connectivity index (χ1n) is 9.70. The fourth-order valence-corrected chi connectivity index (χ4v) is 5.51. The smallest absolute Gasteiger partial charge is 0.309 e. The normalized spacial score (nSPS) is 22.8. The molecule has 3 aromatic rings. The topological polar surface area (TPSA) is 43.7 Å². The molecule has 1 aliphatic heterocycles. The van der Waals surface area contributed by atoms with Gasteiger partial charge >= 0.3 is 7.75 Å². The van der Waals surface area contributed by atoms with E-state index in [0.717, 1.165) is 35.0 Å². The maximum atomic E-state index is 13.8. The van der Waals surface area contributed by atoms with E-state index in [0.29, 0.717) is 13.0 Å². The van der Waals surface area contributed by atoms with Crippen molar-refractivity contribution in [3.05, 3.63) is 71.4 Å². The largest absolute Gasteiger partial charge is 0.439 e. The van der Waals surface area contributed by atoms with E-state index < -0.39 is 7.75 Å². The van der Waals surface area contributed by atoms with E-state index in [4.69, 9.17) is 9.05 Å². The Balaban J connectivity index is 1.69. The van der Waals surface area contributed by atoms with Gasteiger partial charge in [-0.25, -0.2) is 4.57 Å². The Hall–Kier alpha value is -1.91. The van der Waals surface area contributed by atoms with Crippen molar-refractivity contribution in [1.29, 1.82) is 0 Å². The lowest BCUT2D eigenvalue weighted by molar-refractivity contribution is 0.0771. The molecule has 1 aromatic heterocycles. The molecule has 0 bridgehead atoms. The number of aryl methyl sites for hydroxylation is 1. The first-order valence-corrected chi connectivity index (χ1v) is 11.2. The van der Waals surface area contributed by atoms with Gasteiger partial charge in [0.05, 0.1) is 18.2 Å².